The van der Waals surface area contributed by atoms with Gasteiger partial charge in [-0.1, -0.05) is 54.0 Å². The van der Waals surface area contributed by atoms with Crippen molar-refractivity contribution in [1.82, 2.24) is 16.0 Å². The van der Waals surface area contributed by atoms with Gasteiger partial charge in [-0.2, -0.15) is 11.8 Å². The zero-order chi connectivity index (χ0) is 25.8. The molecule has 0 aromatic carbocycles. The molecule has 0 radical (unpaired) electrons. The summed E-state index contributed by atoms with van der Waals surface area (Å²) < 4.78 is 0. The Bertz CT molecular complexity index is 767. The summed E-state index contributed by atoms with van der Waals surface area (Å²) in [5, 5.41) is 19.5. The van der Waals surface area contributed by atoms with Crippen molar-refractivity contribution in [1.29, 1.82) is 0 Å². The SMILES string of the molecule is CCC(C)[C@H]1NC(=O)[C@H]2CSSCC/C=C/[C@@H](CC(=O)C[C@@H]1O)CC(=O)N[C@H](CCSC)C(=O)N2. The molecule has 2 rings (SSSR count). The van der Waals surface area contributed by atoms with Crippen LogP contribution in [0.2, 0.25) is 0 Å². The van der Waals surface area contributed by atoms with Crippen LogP contribution < -0.4 is 16.0 Å². The van der Waals surface area contributed by atoms with Crippen molar-refractivity contribution in [2.75, 3.05) is 23.5 Å². The standard InChI is InChI=1S/C24H39N3O5S3/c1-4-15(2)22-20(29)13-17(28)11-16-7-5-6-9-34-35-14-19(24(32)27-22)26-23(31)18(8-10-33-3)25-21(30)12-16/h5,7,15-16,18-20,22,29H,4,6,8-14H2,1-3H3,(H,25,30)(H,26,31)(H,27,32)/b7-5+/t15?,16-,18+,19+,20-,22+/m0/s1. The Morgan fingerprint density at radius 3 is 2.57 bits per heavy atom. The summed E-state index contributed by atoms with van der Waals surface area (Å²) in [5.41, 5.74) is 0. The molecule has 198 valence electrons. The van der Waals surface area contributed by atoms with Gasteiger partial charge in [-0.3, -0.25) is 19.2 Å². The maximum Gasteiger partial charge on any atom is 0.243 e. The van der Waals surface area contributed by atoms with Gasteiger partial charge in [0.2, 0.25) is 17.7 Å². The molecule has 1 unspecified atom stereocenters. The molecule has 0 saturated carbocycles. The number of rotatable bonds is 5. The molecule has 1 fully saturated rings. The molecule has 11 heteroatoms. The van der Waals surface area contributed by atoms with Crippen LogP contribution in [-0.2, 0) is 19.2 Å². The van der Waals surface area contributed by atoms with Crippen LogP contribution in [-0.4, -0.2) is 76.4 Å². The Kier molecular flexibility index (Phi) is 13.6. The molecule has 8 nitrogen and oxygen atoms in total. The minimum absolute atomic E-state index is 0.0667. The number of carbonyl (C=O) groups excluding carboxylic acids is 4. The molecule has 2 aliphatic rings. The minimum atomic E-state index is -1.05. The Balaban J connectivity index is 2.46. The van der Waals surface area contributed by atoms with Crippen molar-refractivity contribution in [2.24, 2.45) is 11.8 Å². The van der Waals surface area contributed by atoms with E-state index in [-0.39, 0.29) is 42.8 Å². The first kappa shape index (κ1) is 30.1. The van der Waals surface area contributed by atoms with E-state index in [1.165, 1.54) is 10.8 Å². The fraction of sp³-hybridized carbons (Fsp3) is 0.750. The van der Waals surface area contributed by atoms with Crippen LogP contribution in [0.25, 0.3) is 0 Å². The Hall–Kier alpha value is -1.17. The van der Waals surface area contributed by atoms with Gasteiger partial charge in [0.05, 0.1) is 12.1 Å². The molecule has 1 saturated heterocycles. The zero-order valence-electron chi connectivity index (χ0n) is 20.8. The molecule has 2 heterocycles. The van der Waals surface area contributed by atoms with E-state index < -0.39 is 36.0 Å². The van der Waals surface area contributed by atoms with Crippen molar-refractivity contribution in [2.45, 2.75) is 76.6 Å². The van der Waals surface area contributed by atoms with E-state index in [1.807, 2.05) is 32.3 Å². The van der Waals surface area contributed by atoms with Crippen molar-refractivity contribution < 1.29 is 24.3 Å². The molecule has 0 aromatic rings. The number of carbonyl (C=O) groups is 4. The van der Waals surface area contributed by atoms with Crippen LogP contribution >= 0.6 is 33.3 Å². The minimum Gasteiger partial charge on any atom is -0.391 e. The number of aliphatic hydroxyl groups excluding tert-OH is 1. The van der Waals surface area contributed by atoms with Crippen LogP contribution in [0.1, 0.15) is 52.4 Å². The Morgan fingerprint density at radius 2 is 1.86 bits per heavy atom. The van der Waals surface area contributed by atoms with Gasteiger partial charge < -0.3 is 21.1 Å². The smallest absolute Gasteiger partial charge is 0.243 e. The first-order valence-electron chi connectivity index (χ1n) is 12.2. The number of ketones is 1. The Morgan fingerprint density at radius 1 is 1.09 bits per heavy atom. The number of allylic oxidation sites excluding steroid dienone is 2. The van der Waals surface area contributed by atoms with E-state index in [0.29, 0.717) is 24.3 Å². The fourth-order valence-corrected chi connectivity index (χ4v) is 6.74. The number of thioether (sulfide) groups is 1. The summed E-state index contributed by atoms with van der Waals surface area (Å²) in [6.07, 6.45) is 6.79. The van der Waals surface area contributed by atoms with Gasteiger partial charge in [0.15, 0.2) is 0 Å². The first-order valence-corrected chi connectivity index (χ1v) is 16.1. The largest absolute Gasteiger partial charge is 0.391 e. The van der Waals surface area contributed by atoms with Crippen molar-refractivity contribution in [3.8, 4) is 0 Å². The predicted octanol–water partition coefficient (Wildman–Crippen LogP) is 2.31. The van der Waals surface area contributed by atoms with Gasteiger partial charge in [-0.05, 0) is 36.7 Å². The van der Waals surface area contributed by atoms with Gasteiger partial charge >= 0.3 is 0 Å². The highest BCUT2D eigenvalue weighted by atomic mass is 33.1. The number of nitrogens with one attached hydrogen (secondary N) is 3. The lowest BCUT2D eigenvalue weighted by Gasteiger charge is -2.31. The molecule has 35 heavy (non-hydrogen) atoms. The third-order valence-electron chi connectivity index (χ3n) is 6.34. The second-order valence-electron chi connectivity index (χ2n) is 9.18. The normalized spacial score (nSPS) is 31.7. The highest BCUT2D eigenvalue weighted by Gasteiger charge is 2.33. The van der Waals surface area contributed by atoms with E-state index >= 15 is 0 Å². The van der Waals surface area contributed by atoms with Crippen molar-refractivity contribution >= 4 is 56.9 Å². The third kappa shape index (κ3) is 10.4. The monoisotopic (exact) mass is 545 g/mol. The van der Waals surface area contributed by atoms with Gasteiger partial charge in [0, 0.05) is 30.8 Å². The van der Waals surface area contributed by atoms with E-state index in [4.69, 9.17) is 0 Å². The second kappa shape index (κ2) is 15.8. The van der Waals surface area contributed by atoms with E-state index in [0.717, 1.165) is 12.2 Å². The number of fused-ring (bicyclic) bond motifs is 7. The number of hydrogen-bond donors (Lipinski definition) is 4. The third-order valence-corrected chi connectivity index (χ3v) is 9.43. The van der Waals surface area contributed by atoms with Crippen LogP contribution in [0.3, 0.4) is 0 Å². The highest BCUT2D eigenvalue weighted by Crippen LogP contribution is 2.25. The average molecular weight is 546 g/mol. The van der Waals surface area contributed by atoms with Crippen LogP contribution in [0, 0.1) is 11.8 Å². The van der Waals surface area contributed by atoms with Gasteiger partial charge in [0.1, 0.15) is 17.9 Å². The van der Waals surface area contributed by atoms with Crippen LogP contribution in [0.5, 0.6) is 0 Å². The maximum atomic E-state index is 13.3. The van der Waals surface area contributed by atoms with Gasteiger partial charge in [-0.15, -0.1) is 0 Å². The van der Waals surface area contributed by atoms with Crippen LogP contribution in [0.4, 0.5) is 0 Å². The lowest BCUT2D eigenvalue weighted by molar-refractivity contribution is -0.132. The lowest BCUT2D eigenvalue weighted by Crippen LogP contribution is -2.58. The van der Waals surface area contributed by atoms with Crippen molar-refractivity contribution in [3.05, 3.63) is 12.2 Å². The first-order chi connectivity index (χ1) is 16.7. The molecule has 0 spiro atoms. The molecule has 2 bridgehead atoms. The summed E-state index contributed by atoms with van der Waals surface area (Å²) in [6, 6.07) is -2.22. The maximum absolute atomic E-state index is 13.3. The van der Waals surface area contributed by atoms with E-state index in [1.54, 1.807) is 22.6 Å². The fourth-order valence-electron chi connectivity index (χ4n) is 4.11. The lowest BCUT2D eigenvalue weighted by atomic mass is 9.89. The van der Waals surface area contributed by atoms with Crippen LogP contribution in [0.15, 0.2) is 12.2 Å². The zero-order valence-corrected chi connectivity index (χ0v) is 23.2. The van der Waals surface area contributed by atoms with E-state index in [9.17, 15) is 24.3 Å². The van der Waals surface area contributed by atoms with Gasteiger partial charge in [-0.25, -0.2) is 0 Å². The number of amides is 3. The van der Waals surface area contributed by atoms with Crippen molar-refractivity contribution in [3.63, 3.8) is 0 Å². The summed E-state index contributed by atoms with van der Waals surface area (Å²) in [6.45, 7) is 3.89. The molecule has 0 aromatic heterocycles. The molecular formula is C24H39N3O5S3. The summed E-state index contributed by atoms with van der Waals surface area (Å²) in [5.74, 6) is 0.189. The molecule has 6 atom stereocenters. The number of Topliss-reactive ketones (excluding diaryl/α,β-unsaturated/α-hetero) is 1. The highest BCUT2D eigenvalue weighted by molar-refractivity contribution is 8.76. The van der Waals surface area contributed by atoms with E-state index in [2.05, 4.69) is 16.0 Å². The summed E-state index contributed by atoms with van der Waals surface area (Å²) in [7, 11) is 3.13. The molecule has 4 N–H and O–H groups in total. The summed E-state index contributed by atoms with van der Waals surface area (Å²) in [4.78, 5) is 52.3. The average Bonchev–Trinajstić information content (AvgIpc) is 2.81. The number of aliphatic hydroxyl groups is 1. The summed E-state index contributed by atoms with van der Waals surface area (Å²) >= 11 is 1.57. The molecule has 0 aliphatic carbocycles. The molecule has 3 amide bonds. The quantitative estimate of drug-likeness (QED) is 0.307. The number of hydrogen-bond acceptors (Lipinski definition) is 8. The molecular weight excluding hydrogens is 506 g/mol. The predicted molar refractivity (Wildman–Crippen MR) is 145 cm³/mol. The Labute approximate surface area is 220 Å². The van der Waals surface area contributed by atoms with Gasteiger partial charge in [0.25, 0.3) is 0 Å². The topological polar surface area (TPSA) is 125 Å². The molecule has 2 aliphatic heterocycles. The second-order valence-corrected chi connectivity index (χ2v) is 12.8.